The van der Waals surface area contributed by atoms with Crippen molar-refractivity contribution in [2.75, 3.05) is 7.11 Å². The fourth-order valence-corrected chi connectivity index (χ4v) is 2.24. The molecular weight excluding hydrogens is 286 g/mol. The van der Waals surface area contributed by atoms with Crippen molar-refractivity contribution in [1.29, 1.82) is 0 Å². The average Bonchev–Trinajstić information content (AvgIpc) is 2.19. The van der Waals surface area contributed by atoms with E-state index in [1.807, 2.05) is 20.8 Å². The number of rotatable bonds is 2. The van der Waals surface area contributed by atoms with E-state index in [0.29, 0.717) is 15.8 Å². The van der Waals surface area contributed by atoms with Crippen LogP contribution in [0.2, 0.25) is 0 Å². The van der Waals surface area contributed by atoms with Crippen LogP contribution in [0.1, 0.15) is 31.9 Å². The zero-order valence-electron chi connectivity index (χ0n) is 10.6. The Morgan fingerprint density at radius 1 is 1.41 bits per heavy atom. The van der Waals surface area contributed by atoms with Crippen LogP contribution >= 0.6 is 15.9 Å². The molecule has 0 atom stereocenters. The van der Waals surface area contributed by atoms with E-state index in [1.54, 1.807) is 20.1 Å². The lowest BCUT2D eigenvalue weighted by atomic mass is 9.85. The Morgan fingerprint density at radius 2 is 1.94 bits per heavy atom. The molecule has 17 heavy (non-hydrogen) atoms. The van der Waals surface area contributed by atoms with E-state index >= 15 is 0 Å². The summed E-state index contributed by atoms with van der Waals surface area (Å²) in [6, 6.07) is 1.60. The molecule has 0 bridgehead atoms. The summed E-state index contributed by atoms with van der Waals surface area (Å²) in [6.07, 6.45) is 0. The lowest BCUT2D eigenvalue weighted by Gasteiger charge is -2.23. The van der Waals surface area contributed by atoms with Gasteiger partial charge in [-0.1, -0.05) is 20.8 Å². The summed E-state index contributed by atoms with van der Waals surface area (Å²) in [5, 5.41) is 11.0. The molecule has 0 aliphatic carbocycles. The number of benzene rings is 1. The van der Waals surface area contributed by atoms with Crippen molar-refractivity contribution in [3.63, 3.8) is 0 Å². The number of nitro benzene ring substituents is 1. The molecule has 0 unspecified atom stereocenters. The van der Waals surface area contributed by atoms with Gasteiger partial charge in [0, 0.05) is 17.2 Å². The van der Waals surface area contributed by atoms with Gasteiger partial charge in [0.1, 0.15) is 5.75 Å². The van der Waals surface area contributed by atoms with Gasteiger partial charge in [-0.25, -0.2) is 0 Å². The maximum atomic E-state index is 11.0. The van der Waals surface area contributed by atoms with E-state index in [2.05, 4.69) is 15.9 Å². The van der Waals surface area contributed by atoms with Crippen LogP contribution in [-0.2, 0) is 5.41 Å². The largest absolute Gasteiger partial charge is 0.495 e. The van der Waals surface area contributed by atoms with Gasteiger partial charge in [0.2, 0.25) is 0 Å². The van der Waals surface area contributed by atoms with Crippen molar-refractivity contribution in [3.8, 4) is 5.75 Å². The summed E-state index contributed by atoms with van der Waals surface area (Å²) in [4.78, 5) is 10.6. The van der Waals surface area contributed by atoms with Crippen LogP contribution < -0.4 is 4.74 Å². The van der Waals surface area contributed by atoms with Gasteiger partial charge < -0.3 is 4.74 Å². The number of hydrogen-bond acceptors (Lipinski definition) is 3. The molecule has 1 rings (SSSR count). The molecule has 0 aliphatic heterocycles. The first kappa shape index (κ1) is 14.0. The van der Waals surface area contributed by atoms with Crippen molar-refractivity contribution >= 4 is 21.6 Å². The molecule has 0 N–H and O–H groups in total. The molecule has 0 amide bonds. The molecule has 94 valence electrons. The van der Waals surface area contributed by atoms with E-state index in [9.17, 15) is 10.1 Å². The van der Waals surface area contributed by atoms with E-state index < -0.39 is 0 Å². The van der Waals surface area contributed by atoms with Gasteiger partial charge in [-0.3, -0.25) is 10.1 Å². The van der Waals surface area contributed by atoms with Gasteiger partial charge in [-0.15, -0.1) is 0 Å². The molecule has 4 nitrogen and oxygen atoms in total. The third-order valence-electron chi connectivity index (χ3n) is 2.65. The molecule has 0 spiro atoms. The van der Waals surface area contributed by atoms with Gasteiger partial charge in [0.05, 0.1) is 16.5 Å². The molecular formula is C12H16BrNO3. The zero-order chi connectivity index (χ0) is 13.4. The van der Waals surface area contributed by atoms with Gasteiger partial charge in [0.25, 0.3) is 5.69 Å². The smallest absolute Gasteiger partial charge is 0.274 e. The molecule has 0 fully saturated rings. The monoisotopic (exact) mass is 301 g/mol. The van der Waals surface area contributed by atoms with Crippen LogP contribution in [0.15, 0.2) is 10.5 Å². The summed E-state index contributed by atoms with van der Waals surface area (Å²) >= 11 is 3.37. The van der Waals surface area contributed by atoms with Gasteiger partial charge in [0.15, 0.2) is 0 Å². The van der Waals surface area contributed by atoms with Crippen molar-refractivity contribution in [1.82, 2.24) is 0 Å². The Balaban J connectivity index is 3.65. The summed E-state index contributed by atoms with van der Waals surface area (Å²) in [6.45, 7) is 7.69. The number of nitro groups is 1. The molecule has 0 saturated carbocycles. The van der Waals surface area contributed by atoms with Crippen LogP contribution in [0.5, 0.6) is 5.75 Å². The third-order valence-corrected chi connectivity index (χ3v) is 3.60. The quantitative estimate of drug-likeness (QED) is 0.613. The Labute approximate surface area is 109 Å². The van der Waals surface area contributed by atoms with Crippen molar-refractivity contribution in [3.05, 3.63) is 31.8 Å². The molecule has 1 aromatic carbocycles. The Kier molecular flexibility index (Phi) is 3.81. The highest BCUT2D eigenvalue weighted by molar-refractivity contribution is 9.10. The second kappa shape index (κ2) is 4.64. The van der Waals surface area contributed by atoms with Crippen molar-refractivity contribution < 1.29 is 9.66 Å². The Bertz CT molecular complexity index is 464. The summed E-state index contributed by atoms with van der Waals surface area (Å²) in [7, 11) is 1.57. The standard InChI is InChI=1S/C12H16BrNO3/c1-7-9(14(15)16)6-8(12(2,3)4)11(17-5)10(7)13/h6H,1-5H3. The fourth-order valence-electron chi connectivity index (χ4n) is 1.66. The van der Waals surface area contributed by atoms with Crippen LogP contribution in [0.25, 0.3) is 0 Å². The number of hydrogen-bond donors (Lipinski definition) is 0. The van der Waals surface area contributed by atoms with E-state index in [4.69, 9.17) is 4.74 Å². The molecule has 0 radical (unpaired) electrons. The lowest BCUT2D eigenvalue weighted by Crippen LogP contribution is -2.14. The third kappa shape index (κ3) is 2.60. The van der Waals surface area contributed by atoms with Crippen LogP contribution in [0.3, 0.4) is 0 Å². The molecule has 0 saturated heterocycles. The molecule has 0 aromatic heterocycles. The van der Waals surface area contributed by atoms with Crippen LogP contribution in [0, 0.1) is 17.0 Å². The van der Waals surface area contributed by atoms with Gasteiger partial charge in [-0.2, -0.15) is 0 Å². The normalized spacial score (nSPS) is 11.4. The predicted octanol–water partition coefficient (Wildman–Crippen LogP) is 3.97. The van der Waals surface area contributed by atoms with Gasteiger partial charge >= 0.3 is 0 Å². The van der Waals surface area contributed by atoms with Crippen LogP contribution in [0.4, 0.5) is 5.69 Å². The highest BCUT2D eigenvalue weighted by Gasteiger charge is 2.27. The Morgan fingerprint density at radius 3 is 2.29 bits per heavy atom. The van der Waals surface area contributed by atoms with E-state index in [1.165, 1.54) is 0 Å². The SMILES string of the molecule is COc1c(C(C)(C)C)cc([N+](=O)[O-])c(C)c1Br. The van der Waals surface area contributed by atoms with Gasteiger partial charge in [-0.05, 0) is 28.3 Å². The second-order valence-electron chi connectivity index (χ2n) is 4.92. The lowest BCUT2D eigenvalue weighted by molar-refractivity contribution is -0.385. The topological polar surface area (TPSA) is 52.4 Å². The first-order chi connectivity index (χ1) is 7.70. The van der Waals surface area contributed by atoms with Crippen LogP contribution in [-0.4, -0.2) is 12.0 Å². The minimum absolute atomic E-state index is 0.114. The molecule has 1 aromatic rings. The molecule has 0 heterocycles. The molecule has 5 heteroatoms. The predicted molar refractivity (Wildman–Crippen MR) is 70.8 cm³/mol. The highest BCUT2D eigenvalue weighted by Crippen LogP contribution is 2.42. The van der Waals surface area contributed by atoms with E-state index in [-0.39, 0.29) is 16.0 Å². The number of halogens is 1. The highest BCUT2D eigenvalue weighted by atomic mass is 79.9. The maximum Gasteiger partial charge on any atom is 0.274 e. The summed E-state index contributed by atoms with van der Waals surface area (Å²) in [5.41, 5.74) is 1.30. The zero-order valence-corrected chi connectivity index (χ0v) is 12.2. The number of ether oxygens (including phenoxy) is 1. The fraction of sp³-hybridized carbons (Fsp3) is 0.500. The van der Waals surface area contributed by atoms with E-state index in [0.717, 1.165) is 5.56 Å². The maximum absolute atomic E-state index is 11.0. The summed E-state index contributed by atoms with van der Waals surface area (Å²) in [5.74, 6) is 0.667. The Hall–Kier alpha value is -1.10. The minimum atomic E-state index is -0.366. The average molecular weight is 302 g/mol. The minimum Gasteiger partial charge on any atom is -0.495 e. The number of nitrogens with zero attached hydrogens (tertiary/aromatic N) is 1. The van der Waals surface area contributed by atoms with Crippen molar-refractivity contribution in [2.24, 2.45) is 0 Å². The first-order valence-corrected chi connectivity index (χ1v) is 6.01. The number of methoxy groups -OCH3 is 1. The second-order valence-corrected chi connectivity index (χ2v) is 5.72. The first-order valence-electron chi connectivity index (χ1n) is 5.22. The molecule has 0 aliphatic rings. The summed E-state index contributed by atoms with van der Waals surface area (Å²) < 4.78 is 6.00. The van der Waals surface area contributed by atoms with Crippen molar-refractivity contribution in [2.45, 2.75) is 33.1 Å².